The van der Waals surface area contributed by atoms with E-state index in [9.17, 15) is 4.79 Å². The molecule has 0 atom stereocenters. The van der Waals surface area contributed by atoms with Crippen LogP contribution in [0, 0.1) is 0 Å². The summed E-state index contributed by atoms with van der Waals surface area (Å²) in [5.41, 5.74) is 1.20. The van der Waals surface area contributed by atoms with Crippen molar-refractivity contribution < 1.29 is 4.79 Å². The molecule has 1 aromatic heterocycles. The van der Waals surface area contributed by atoms with Crippen LogP contribution in [0.3, 0.4) is 0 Å². The van der Waals surface area contributed by atoms with E-state index in [4.69, 9.17) is 23.2 Å². The van der Waals surface area contributed by atoms with Gasteiger partial charge in [0.15, 0.2) is 5.13 Å². The highest BCUT2D eigenvalue weighted by atomic mass is 35.5. The molecule has 0 radical (unpaired) electrons. The predicted octanol–water partition coefficient (Wildman–Crippen LogP) is 6.36. The Morgan fingerprint density at radius 3 is 2.67 bits per heavy atom. The molecule has 1 heterocycles. The molecule has 0 aliphatic carbocycles. The average molecular weight is 397 g/mol. The largest absolute Gasteiger partial charge is 0.298 e. The van der Waals surface area contributed by atoms with E-state index in [2.05, 4.69) is 24.1 Å². The fourth-order valence-electron chi connectivity index (χ4n) is 2.15. The lowest BCUT2D eigenvalue weighted by Gasteiger charge is -2.07. The minimum Gasteiger partial charge on any atom is -0.298 e. The molecular formula is C17H14Cl2N2OS2. The Hall–Kier alpha value is -1.27. The number of carbonyl (C=O) groups excluding carboxylic acids is 1. The van der Waals surface area contributed by atoms with Crippen molar-refractivity contribution in [3.63, 3.8) is 0 Å². The second-order valence-electron chi connectivity index (χ2n) is 5.37. The van der Waals surface area contributed by atoms with Gasteiger partial charge in [-0.1, -0.05) is 54.5 Å². The Morgan fingerprint density at radius 1 is 1.21 bits per heavy atom. The lowest BCUT2D eigenvalue weighted by molar-refractivity contribution is 0.102. The Labute approximate surface area is 158 Å². The summed E-state index contributed by atoms with van der Waals surface area (Å²) in [6.07, 6.45) is 0. The number of halogens is 2. The summed E-state index contributed by atoms with van der Waals surface area (Å²) in [5.74, 6) is -0.201. The maximum atomic E-state index is 12.5. The maximum Gasteiger partial charge on any atom is 0.257 e. The van der Waals surface area contributed by atoms with E-state index < -0.39 is 0 Å². The number of fused-ring (bicyclic) bond motifs is 1. The number of thioether (sulfide) groups is 1. The highest BCUT2D eigenvalue weighted by Crippen LogP contribution is 2.36. The molecule has 0 aliphatic heterocycles. The Bertz CT molecular complexity index is 870. The lowest BCUT2D eigenvalue weighted by atomic mass is 10.2. The van der Waals surface area contributed by atoms with E-state index in [0.717, 1.165) is 9.60 Å². The van der Waals surface area contributed by atoms with Crippen LogP contribution in [-0.2, 0) is 0 Å². The van der Waals surface area contributed by atoms with Gasteiger partial charge in [-0.15, -0.1) is 11.8 Å². The standard InChI is InChI=1S/C17H14Cl2N2OS2/c1-9(2)23-11-5-3-4-10(8-11)16(22)21-17-20-14-12(18)6-7-13(19)15(14)24-17/h3-9H,1-2H3,(H,20,21,22). The highest BCUT2D eigenvalue weighted by Gasteiger charge is 2.14. The summed E-state index contributed by atoms with van der Waals surface area (Å²) in [6.45, 7) is 4.23. The number of benzene rings is 2. The van der Waals surface area contributed by atoms with E-state index in [-0.39, 0.29) is 5.91 Å². The first-order valence-electron chi connectivity index (χ1n) is 7.26. The third kappa shape index (κ3) is 3.86. The molecule has 2 aromatic carbocycles. The number of hydrogen-bond acceptors (Lipinski definition) is 4. The predicted molar refractivity (Wildman–Crippen MR) is 105 cm³/mol. The Morgan fingerprint density at radius 2 is 1.96 bits per heavy atom. The summed E-state index contributed by atoms with van der Waals surface area (Å²) in [5, 5.41) is 4.85. The van der Waals surface area contributed by atoms with Gasteiger partial charge < -0.3 is 0 Å². The van der Waals surface area contributed by atoms with E-state index in [1.165, 1.54) is 11.3 Å². The third-order valence-electron chi connectivity index (χ3n) is 3.13. The third-order valence-corrected chi connectivity index (χ3v) is 5.87. The first-order chi connectivity index (χ1) is 11.4. The van der Waals surface area contributed by atoms with Crippen LogP contribution in [0.15, 0.2) is 41.3 Å². The van der Waals surface area contributed by atoms with E-state index in [1.54, 1.807) is 30.0 Å². The van der Waals surface area contributed by atoms with Crippen LogP contribution in [0.1, 0.15) is 24.2 Å². The summed E-state index contributed by atoms with van der Waals surface area (Å²) in [6, 6.07) is 11.0. The quantitative estimate of drug-likeness (QED) is 0.521. The van der Waals surface area contributed by atoms with Crippen LogP contribution < -0.4 is 5.32 Å². The lowest BCUT2D eigenvalue weighted by Crippen LogP contribution is -2.11. The van der Waals surface area contributed by atoms with Gasteiger partial charge in [-0.2, -0.15) is 0 Å². The summed E-state index contributed by atoms with van der Waals surface area (Å²) in [7, 11) is 0. The van der Waals surface area contributed by atoms with Gasteiger partial charge in [0.25, 0.3) is 5.91 Å². The highest BCUT2D eigenvalue weighted by molar-refractivity contribution is 7.99. The van der Waals surface area contributed by atoms with Gasteiger partial charge in [0, 0.05) is 15.7 Å². The van der Waals surface area contributed by atoms with Crippen molar-refractivity contribution in [2.75, 3.05) is 5.32 Å². The van der Waals surface area contributed by atoms with Gasteiger partial charge in [0.2, 0.25) is 0 Å². The number of hydrogen-bond donors (Lipinski definition) is 1. The minimum absolute atomic E-state index is 0.201. The second kappa shape index (κ2) is 7.31. The Balaban J connectivity index is 1.85. The van der Waals surface area contributed by atoms with Crippen molar-refractivity contribution in [3.05, 3.63) is 52.0 Å². The van der Waals surface area contributed by atoms with Crippen LogP contribution in [0.2, 0.25) is 10.0 Å². The molecule has 124 valence electrons. The van der Waals surface area contributed by atoms with Gasteiger partial charge in [0.05, 0.1) is 14.7 Å². The Kier molecular flexibility index (Phi) is 5.35. The van der Waals surface area contributed by atoms with Crippen molar-refractivity contribution in [2.45, 2.75) is 24.0 Å². The number of thiazole rings is 1. The monoisotopic (exact) mass is 396 g/mol. The second-order valence-corrected chi connectivity index (χ2v) is 8.84. The fourth-order valence-corrected chi connectivity index (χ4v) is 4.46. The zero-order valence-corrected chi connectivity index (χ0v) is 16.1. The summed E-state index contributed by atoms with van der Waals surface area (Å²) in [4.78, 5) is 17.9. The van der Waals surface area contributed by atoms with Crippen molar-refractivity contribution in [2.24, 2.45) is 0 Å². The molecule has 0 bridgehead atoms. The summed E-state index contributed by atoms with van der Waals surface area (Å²) >= 11 is 15.3. The fraction of sp³-hybridized carbons (Fsp3) is 0.176. The van der Waals surface area contributed by atoms with Gasteiger partial charge in [0.1, 0.15) is 5.52 Å². The smallest absolute Gasteiger partial charge is 0.257 e. The number of rotatable bonds is 4. The van der Waals surface area contributed by atoms with Crippen molar-refractivity contribution in [3.8, 4) is 0 Å². The number of aromatic nitrogens is 1. The number of carbonyl (C=O) groups is 1. The van der Waals surface area contributed by atoms with E-state index >= 15 is 0 Å². The molecule has 0 aliphatic rings. The van der Waals surface area contributed by atoms with Gasteiger partial charge in [-0.05, 0) is 30.3 Å². The number of nitrogens with one attached hydrogen (secondary N) is 1. The summed E-state index contributed by atoms with van der Waals surface area (Å²) < 4.78 is 0.767. The molecule has 24 heavy (non-hydrogen) atoms. The van der Waals surface area contributed by atoms with Gasteiger partial charge in [-0.25, -0.2) is 4.98 Å². The number of anilines is 1. The topological polar surface area (TPSA) is 42.0 Å². The molecule has 3 nitrogen and oxygen atoms in total. The zero-order valence-electron chi connectivity index (χ0n) is 13.0. The molecule has 1 N–H and O–H groups in total. The molecule has 3 rings (SSSR count). The molecular weight excluding hydrogens is 383 g/mol. The molecule has 3 aromatic rings. The normalized spacial score (nSPS) is 11.2. The first kappa shape index (κ1) is 17.5. The molecule has 1 amide bonds. The minimum atomic E-state index is -0.201. The van der Waals surface area contributed by atoms with Gasteiger partial charge >= 0.3 is 0 Å². The maximum absolute atomic E-state index is 12.5. The van der Waals surface area contributed by atoms with Crippen molar-refractivity contribution in [1.29, 1.82) is 0 Å². The molecule has 7 heteroatoms. The SMILES string of the molecule is CC(C)Sc1cccc(C(=O)Nc2nc3c(Cl)ccc(Cl)c3s2)c1. The van der Waals surface area contributed by atoms with E-state index in [1.807, 2.05) is 18.2 Å². The van der Waals surface area contributed by atoms with Crippen LogP contribution >= 0.6 is 46.3 Å². The molecule has 0 saturated heterocycles. The van der Waals surface area contributed by atoms with Gasteiger partial charge in [-0.3, -0.25) is 10.1 Å². The van der Waals surface area contributed by atoms with E-state index in [0.29, 0.717) is 31.5 Å². The first-order valence-corrected chi connectivity index (χ1v) is 9.72. The molecule has 0 fully saturated rings. The molecule has 0 saturated carbocycles. The van der Waals surface area contributed by atoms with Crippen LogP contribution in [0.25, 0.3) is 10.2 Å². The zero-order chi connectivity index (χ0) is 17.3. The molecule has 0 spiro atoms. The van der Waals surface area contributed by atoms with Crippen LogP contribution in [0.4, 0.5) is 5.13 Å². The average Bonchev–Trinajstić information content (AvgIpc) is 2.96. The van der Waals surface area contributed by atoms with Crippen molar-refractivity contribution >= 4 is 67.6 Å². The van der Waals surface area contributed by atoms with Crippen LogP contribution in [0.5, 0.6) is 0 Å². The van der Waals surface area contributed by atoms with Crippen molar-refractivity contribution in [1.82, 2.24) is 4.98 Å². The molecule has 0 unspecified atom stereocenters. The number of nitrogens with zero attached hydrogens (tertiary/aromatic N) is 1. The number of amides is 1. The van der Waals surface area contributed by atoms with Crippen LogP contribution in [-0.4, -0.2) is 16.1 Å².